The summed E-state index contributed by atoms with van der Waals surface area (Å²) in [4.78, 5) is 10.6. The molecule has 0 fully saturated rings. The number of nitrogens with two attached hydrogens (primary N) is 1. The second kappa shape index (κ2) is 6.91. The number of benzene rings is 1. The molecule has 0 aliphatic rings. The zero-order valence-electron chi connectivity index (χ0n) is 11.4. The molecular weight excluding hydrogens is 310 g/mol. The van der Waals surface area contributed by atoms with Gasteiger partial charge in [-0.25, -0.2) is 0 Å². The molecule has 0 heterocycles. The first-order valence-corrected chi connectivity index (χ1v) is 7.00. The molecule has 4 nitrogen and oxygen atoms in total. The van der Waals surface area contributed by atoms with Crippen molar-refractivity contribution in [3.8, 4) is 5.75 Å². The van der Waals surface area contributed by atoms with Gasteiger partial charge >= 0.3 is 5.97 Å². The molecule has 0 aliphatic heterocycles. The minimum absolute atomic E-state index is 0.0495. The van der Waals surface area contributed by atoms with Crippen LogP contribution < -0.4 is 10.5 Å². The van der Waals surface area contributed by atoms with Gasteiger partial charge in [0.05, 0.1) is 7.11 Å². The number of hydrogen-bond donors (Lipinski definition) is 2. The number of halogens is 1. The SMILES string of the molecule is COc1cc(C(C)C)c(Br)cc1C(N)CCC(=O)O. The molecule has 1 aromatic carbocycles. The van der Waals surface area contributed by atoms with Crippen molar-refractivity contribution in [3.63, 3.8) is 0 Å². The van der Waals surface area contributed by atoms with Crippen molar-refractivity contribution in [2.75, 3.05) is 7.11 Å². The number of carbonyl (C=O) groups is 1. The summed E-state index contributed by atoms with van der Waals surface area (Å²) in [5.41, 5.74) is 8.03. The summed E-state index contributed by atoms with van der Waals surface area (Å²) in [6.07, 6.45) is 0.438. The van der Waals surface area contributed by atoms with Gasteiger partial charge < -0.3 is 15.6 Å². The lowest BCUT2D eigenvalue weighted by molar-refractivity contribution is -0.137. The van der Waals surface area contributed by atoms with Gasteiger partial charge in [-0.15, -0.1) is 0 Å². The van der Waals surface area contributed by atoms with E-state index in [1.54, 1.807) is 7.11 Å². The normalized spacial score (nSPS) is 12.5. The Labute approximate surface area is 122 Å². The molecule has 1 unspecified atom stereocenters. The Morgan fingerprint density at radius 3 is 2.53 bits per heavy atom. The number of hydrogen-bond acceptors (Lipinski definition) is 3. The quantitative estimate of drug-likeness (QED) is 0.838. The van der Waals surface area contributed by atoms with E-state index in [2.05, 4.69) is 29.8 Å². The lowest BCUT2D eigenvalue weighted by atomic mass is 9.96. The minimum Gasteiger partial charge on any atom is -0.496 e. The topological polar surface area (TPSA) is 72.5 Å². The third kappa shape index (κ3) is 4.21. The molecule has 0 saturated heterocycles. The molecule has 1 rings (SSSR count). The van der Waals surface area contributed by atoms with Crippen LogP contribution in [0.15, 0.2) is 16.6 Å². The van der Waals surface area contributed by atoms with Gasteiger partial charge in [0.25, 0.3) is 0 Å². The van der Waals surface area contributed by atoms with Gasteiger partial charge in [-0.05, 0) is 30.0 Å². The van der Waals surface area contributed by atoms with Crippen LogP contribution in [0.25, 0.3) is 0 Å². The molecule has 0 aliphatic carbocycles. The van der Waals surface area contributed by atoms with Crippen LogP contribution in [0, 0.1) is 0 Å². The summed E-state index contributed by atoms with van der Waals surface area (Å²) in [6, 6.07) is 3.55. The van der Waals surface area contributed by atoms with Gasteiger partial charge in [0.1, 0.15) is 5.75 Å². The van der Waals surface area contributed by atoms with Gasteiger partial charge in [-0.3, -0.25) is 4.79 Å². The van der Waals surface area contributed by atoms with Crippen molar-refractivity contribution >= 4 is 21.9 Å². The molecule has 1 aromatic rings. The molecular formula is C14H20BrNO3. The lowest BCUT2D eigenvalue weighted by Gasteiger charge is -2.19. The molecule has 5 heteroatoms. The van der Waals surface area contributed by atoms with E-state index in [4.69, 9.17) is 15.6 Å². The highest BCUT2D eigenvalue weighted by molar-refractivity contribution is 9.10. The minimum atomic E-state index is -0.840. The Kier molecular flexibility index (Phi) is 5.82. The van der Waals surface area contributed by atoms with E-state index >= 15 is 0 Å². The Morgan fingerprint density at radius 2 is 2.05 bits per heavy atom. The maximum atomic E-state index is 10.6. The van der Waals surface area contributed by atoms with E-state index < -0.39 is 5.97 Å². The number of carboxylic acids is 1. The fraction of sp³-hybridized carbons (Fsp3) is 0.500. The van der Waals surface area contributed by atoms with E-state index in [9.17, 15) is 4.79 Å². The molecule has 106 valence electrons. The average molecular weight is 330 g/mol. The van der Waals surface area contributed by atoms with Gasteiger partial charge in [0.15, 0.2) is 0 Å². The Bertz CT molecular complexity index is 460. The highest BCUT2D eigenvalue weighted by atomic mass is 79.9. The van der Waals surface area contributed by atoms with Crippen LogP contribution in [-0.2, 0) is 4.79 Å². The third-order valence-electron chi connectivity index (χ3n) is 3.04. The van der Waals surface area contributed by atoms with Crippen LogP contribution >= 0.6 is 15.9 Å². The zero-order chi connectivity index (χ0) is 14.6. The zero-order valence-corrected chi connectivity index (χ0v) is 13.0. The summed E-state index contributed by atoms with van der Waals surface area (Å²) < 4.78 is 6.35. The Morgan fingerprint density at radius 1 is 1.42 bits per heavy atom. The summed E-state index contributed by atoms with van der Waals surface area (Å²) in [7, 11) is 1.60. The molecule has 3 N–H and O–H groups in total. The van der Waals surface area contributed by atoms with Gasteiger partial charge in [0.2, 0.25) is 0 Å². The van der Waals surface area contributed by atoms with Crippen LogP contribution in [0.5, 0.6) is 5.75 Å². The van der Waals surface area contributed by atoms with Crippen molar-refractivity contribution in [2.45, 2.75) is 38.6 Å². The van der Waals surface area contributed by atoms with Crippen molar-refractivity contribution < 1.29 is 14.6 Å². The number of ether oxygens (including phenoxy) is 1. The fourth-order valence-electron chi connectivity index (χ4n) is 1.93. The molecule has 1 atom stereocenters. The van der Waals surface area contributed by atoms with E-state index in [1.165, 1.54) is 0 Å². The average Bonchev–Trinajstić information content (AvgIpc) is 2.35. The first-order chi connectivity index (χ1) is 8.86. The van der Waals surface area contributed by atoms with Gasteiger partial charge in [-0.2, -0.15) is 0 Å². The number of aliphatic carboxylic acids is 1. The van der Waals surface area contributed by atoms with Crippen LogP contribution in [0.4, 0.5) is 0 Å². The molecule has 0 aromatic heterocycles. The van der Waals surface area contributed by atoms with Crippen molar-refractivity contribution in [3.05, 3.63) is 27.7 Å². The molecule has 0 saturated carbocycles. The summed E-state index contributed by atoms with van der Waals surface area (Å²) >= 11 is 3.53. The molecule has 0 spiro atoms. The maximum Gasteiger partial charge on any atom is 0.303 e. The van der Waals surface area contributed by atoms with E-state index in [0.717, 1.165) is 15.6 Å². The van der Waals surface area contributed by atoms with Crippen molar-refractivity contribution in [1.82, 2.24) is 0 Å². The van der Waals surface area contributed by atoms with E-state index in [-0.39, 0.29) is 12.5 Å². The first kappa shape index (κ1) is 16.0. The van der Waals surface area contributed by atoms with Gasteiger partial charge in [0, 0.05) is 22.5 Å². The molecule has 0 amide bonds. The van der Waals surface area contributed by atoms with Crippen molar-refractivity contribution in [2.24, 2.45) is 5.73 Å². The predicted molar refractivity (Wildman–Crippen MR) is 78.6 cm³/mol. The molecule has 19 heavy (non-hydrogen) atoms. The maximum absolute atomic E-state index is 10.6. The predicted octanol–water partition coefficient (Wildman–Crippen LogP) is 3.45. The smallest absolute Gasteiger partial charge is 0.303 e. The number of methoxy groups -OCH3 is 1. The van der Waals surface area contributed by atoms with Crippen LogP contribution in [0.1, 0.15) is 49.8 Å². The molecule has 0 bridgehead atoms. The van der Waals surface area contributed by atoms with Crippen LogP contribution in [0.2, 0.25) is 0 Å². The Balaban J connectivity index is 3.06. The Hall–Kier alpha value is -1.07. The highest BCUT2D eigenvalue weighted by Gasteiger charge is 2.17. The first-order valence-electron chi connectivity index (χ1n) is 6.21. The number of carboxylic acid groups (broad SMARTS) is 1. The lowest BCUT2D eigenvalue weighted by Crippen LogP contribution is -2.14. The van der Waals surface area contributed by atoms with Crippen molar-refractivity contribution in [1.29, 1.82) is 0 Å². The second-order valence-corrected chi connectivity index (χ2v) is 5.66. The van der Waals surface area contributed by atoms with Crippen LogP contribution in [-0.4, -0.2) is 18.2 Å². The monoisotopic (exact) mass is 329 g/mol. The van der Waals surface area contributed by atoms with Gasteiger partial charge in [-0.1, -0.05) is 29.8 Å². The van der Waals surface area contributed by atoms with E-state index in [1.807, 2.05) is 12.1 Å². The second-order valence-electron chi connectivity index (χ2n) is 4.81. The largest absolute Gasteiger partial charge is 0.496 e. The van der Waals surface area contributed by atoms with E-state index in [0.29, 0.717) is 18.1 Å². The standard InChI is InChI=1S/C14H20BrNO3/c1-8(2)9-7-13(19-3)10(6-11(9)15)12(16)4-5-14(17)18/h6-8,12H,4-5,16H2,1-3H3,(H,17,18). The fourth-order valence-corrected chi connectivity index (χ4v) is 2.75. The third-order valence-corrected chi connectivity index (χ3v) is 3.73. The number of rotatable bonds is 6. The van der Waals surface area contributed by atoms with Crippen LogP contribution in [0.3, 0.4) is 0 Å². The highest BCUT2D eigenvalue weighted by Crippen LogP contribution is 2.35. The summed E-state index contributed by atoms with van der Waals surface area (Å²) in [5, 5.41) is 8.71. The summed E-state index contributed by atoms with van der Waals surface area (Å²) in [5.74, 6) is 0.240. The summed E-state index contributed by atoms with van der Waals surface area (Å²) in [6.45, 7) is 4.20. The molecule has 0 radical (unpaired) electrons.